The van der Waals surface area contributed by atoms with E-state index in [-0.39, 0.29) is 0 Å². The second kappa shape index (κ2) is 6.43. The lowest BCUT2D eigenvalue weighted by molar-refractivity contribution is 0.0972. The molecule has 21 heavy (non-hydrogen) atoms. The summed E-state index contributed by atoms with van der Waals surface area (Å²) >= 11 is 0. The molecule has 4 rings (SSSR count). The fourth-order valence-corrected chi connectivity index (χ4v) is 3.12. The minimum absolute atomic E-state index is 0.354. The normalized spacial score (nSPS) is 27.4. The fraction of sp³-hybridized carbons (Fsp3) is 0.786. The molecular weight excluding hydrogens is 268 g/mol. The van der Waals surface area contributed by atoms with Crippen molar-refractivity contribution in [3.05, 3.63) is 0 Å². The van der Waals surface area contributed by atoms with Gasteiger partial charge in [-0.1, -0.05) is 6.92 Å². The molecule has 3 saturated heterocycles. The van der Waals surface area contributed by atoms with Crippen LogP contribution in [0.1, 0.15) is 26.2 Å². The molecule has 4 heterocycles. The van der Waals surface area contributed by atoms with Crippen molar-refractivity contribution in [2.24, 2.45) is 5.92 Å². The maximum atomic E-state index is 5.17. The van der Waals surface area contributed by atoms with Gasteiger partial charge in [0.25, 0.3) is 0 Å². The summed E-state index contributed by atoms with van der Waals surface area (Å²) in [6, 6.07) is 0.783. The van der Waals surface area contributed by atoms with Gasteiger partial charge in [-0.25, -0.2) is 0 Å². The quantitative estimate of drug-likeness (QED) is 0.816. The van der Waals surface area contributed by atoms with Crippen LogP contribution in [0, 0.1) is 5.92 Å². The molecule has 1 aromatic rings. The number of nitrogens with one attached hydrogen (secondary N) is 2. The molecule has 0 amide bonds. The first-order valence-electron chi connectivity index (χ1n) is 7.81. The third-order valence-electron chi connectivity index (χ3n) is 4.30. The van der Waals surface area contributed by atoms with E-state index >= 15 is 0 Å². The lowest BCUT2D eigenvalue weighted by atomic mass is 9.84. The Bertz CT molecular complexity index is 475. The molecule has 1 unspecified atom stereocenters. The number of piperidine rings is 3. The van der Waals surface area contributed by atoms with E-state index in [1.807, 2.05) is 0 Å². The van der Waals surface area contributed by atoms with Gasteiger partial charge in [0.15, 0.2) is 0 Å². The predicted octanol–water partition coefficient (Wildman–Crippen LogP) is 1.21. The maximum Gasteiger partial charge on any atom is 0.322 e. The van der Waals surface area contributed by atoms with Crippen molar-refractivity contribution in [2.45, 2.75) is 32.2 Å². The molecule has 3 fully saturated rings. The van der Waals surface area contributed by atoms with Crippen molar-refractivity contribution in [1.29, 1.82) is 0 Å². The van der Waals surface area contributed by atoms with Crippen molar-refractivity contribution in [2.75, 3.05) is 43.9 Å². The Morgan fingerprint density at radius 2 is 1.95 bits per heavy atom. The van der Waals surface area contributed by atoms with Gasteiger partial charge in [0, 0.05) is 19.1 Å². The van der Waals surface area contributed by atoms with Gasteiger partial charge in [-0.05, 0) is 38.3 Å². The van der Waals surface area contributed by atoms with Gasteiger partial charge in [0.2, 0.25) is 11.9 Å². The van der Waals surface area contributed by atoms with E-state index in [0.717, 1.165) is 25.4 Å². The van der Waals surface area contributed by atoms with Gasteiger partial charge in [-0.2, -0.15) is 15.0 Å². The standard InChI is InChI=1S/C14H24N6O/c1-3-6-15-12-17-13(19-14(18-12)21-2)16-11-9-20-7-4-10(11)5-8-20/h10-11H,3-9H2,1-2H3,(H2,15,16,17,18,19). The highest BCUT2D eigenvalue weighted by atomic mass is 16.5. The van der Waals surface area contributed by atoms with E-state index in [0.29, 0.717) is 23.9 Å². The summed E-state index contributed by atoms with van der Waals surface area (Å²) in [7, 11) is 1.58. The van der Waals surface area contributed by atoms with Crippen LogP contribution in [-0.2, 0) is 0 Å². The number of aromatic nitrogens is 3. The zero-order valence-electron chi connectivity index (χ0n) is 12.8. The lowest BCUT2D eigenvalue weighted by Crippen LogP contribution is -2.53. The summed E-state index contributed by atoms with van der Waals surface area (Å²) in [5.74, 6) is 1.91. The first kappa shape index (κ1) is 14.3. The summed E-state index contributed by atoms with van der Waals surface area (Å²) in [6.07, 6.45) is 3.55. The van der Waals surface area contributed by atoms with Crippen LogP contribution >= 0.6 is 0 Å². The van der Waals surface area contributed by atoms with Gasteiger partial charge in [0.1, 0.15) is 0 Å². The second-order valence-corrected chi connectivity index (χ2v) is 5.78. The van der Waals surface area contributed by atoms with Crippen LogP contribution in [0.15, 0.2) is 0 Å². The number of methoxy groups -OCH3 is 1. The molecule has 1 atom stereocenters. The van der Waals surface area contributed by atoms with Crippen LogP contribution in [-0.4, -0.2) is 59.2 Å². The van der Waals surface area contributed by atoms with Crippen molar-refractivity contribution in [3.8, 4) is 6.01 Å². The maximum absolute atomic E-state index is 5.17. The molecule has 7 heteroatoms. The molecule has 7 nitrogen and oxygen atoms in total. The fourth-order valence-electron chi connectivity index (χ4n) is 3.12. The van der Waals surface area contributed by atoms with Gasteiger partial charge in [-0.3, -0.25) is 0 Å². The average molecular weight is 292 g/mol. The highest BCUT2D eigenvalue weighted by Crippen LogP contribution is 2.29. The third kappa shape index (κ3) is 3.34. The highest BCUT2D eigenvalue weighted by Gasteiger charge is 2.34. The minimum atomic E-state index is 0.354. The third-order valence-corrected chi connectivity index (χ3v) is 4.30. The first-order chi connectivity index (χ1) is 10.3. The Hall–Kier alpha value is -1.63. The van der Waals surface area contributed by atoms with Crippen LogP contribution in [0.3, 0.4) is 0 Å². The molecule has 0 radical (unpaired) electrons. The minimum Gasteiger partial charge on any atom is -0.467 e. The number of hydrogen-bond donors (Lipinski definition) is 2. The van der Waals surface area contributed by atoms with Crippen LogP contribution in [0.5, 0.6) is 6.01 Å². The first-order valence-corrected chi connectivity index (χ1v) is 7.81. The zero-order valence-corrected chi connectivity index (χ0v) is 12.8. The van der Waals surface area contributed by atoms with Gasteiger partial charge < -0.3 is 20.3 Å². The van der Waals surface area contributed by atoms with Crippen LogP contribution in [0.25, 0.3) is 0 Å². The Balaban J connectivity index is 1.71. The van der Waals surface area contributed by atoms with Crippen molar-refractivity contribution in [1.82, 2.24) is 19.9 Å². The predicted molar refractivity (Wildman–Crippen MR) is 81.7 cm³/mol. The summed E-state index contributed by atoms with van der Waals surface area (Å²) in [5.41, 5.74) is 0. The number of anilines is 2. The van der Waals surface area contributed by atoms with Crippen LogP contribution in [0.2, 0.25) is 0 Å². The Morgan fingerprint density at radius 3 is 2.57 bits per heavy atom. The molecular formula is C14H24N6O. The molecule has 3 aliphatic heterocycles. The van der Waals surface area contributed by atoms with Gasteiger partial charge >= 0.3 is 6.01 Å². The van der Waals surface area contributed by atoms with E-state index in [1.54, 1.807) is 7.11 Å². The zero-order chi connectivity index (χ0) is 14.7. The Labute approximate surface area is 125 Å². The molecule has 1 aromatic heterocycles. The topological polar surface area (TPSA) is 75.2 Å². The second-order valence-electron chi connectivity index (χ2n) is 5.78. The number of hydrogen-bond acceptors (Lipinski definition) is 7. The monoisotopic (exact) mass is 292 g/mol. The molecule has 0 spiro atoms. The van der Waals surface area contributed by atoms with E-state index < -0.39 is 0 Å². The van der Waals surface area contributed by atoms with Gasteiger partial charge in [-0.15, -0.1) is 0 Å². The molecule has 2 N–H and O–H groups in total. The molecule has 2 bridgehead atoms. The van der Waals surface area contributed by atoms with E-state index in [9.17, 15) is 0 Å². The molecule has 116 valence electrons. The Morgan fingerprint density at radius 1 is 1.19 bits per heavy atom. The lowest BCUT2D eigenvalue weighted by Gasteiger charge is -2.44. The average Bonchev–Trinajstić information content (AvgIpc) is 2.54. The number of rotatable bonds is 6. The smallest absolute Gasteiger partial charge is 0.322 e. The Kier molecular flexibility index (Phi) is 4.38. The summed E-state index contributed by atoms with van der Waals surface area (Å²) in [4.78, 5) is 15.5. The summed E-state index contributed by atoms with van der Waals surface area (Å²) in [5, 5.41) is 6.67. The van der Waals surface area contributed by atoms with Gasteiger partial charge in [0.05, 0.1) is 7.11 Å². The molecule has 0 aromatic carbocycles. The van der Waals surface area contributed by atoms with E-state index in [1.165, 1.54) is 25.9 Å². The summed E-state index contributed by atoms with van der Waals surface area (Å²) in [6.45, 7) is 6.49. The van der Waals surface area contributed by atoms with Crippen LogP contribution in [0.4, 0.5) is 11.9 Å². The SMILES string of the molecule is CCCNc1nc(NC2CN3CCC2CC3)nc(OC)n1. The number of ether oxygens (including phenoxy) is 1. The van der Waals surface area contributed by atoms with Crippen LogP contribution < -0.4 is 15.4 Å². The summed E-state index contributed by atoms with van der Waals surface area (Å²) < 4.78 is 5.17. The molecule has 0 saturated carbocycles. The molecule has 0 aliphatic carbocycles. The van der Waals surface area contributed by atoms with Crippen molar-refractivity contribution in [3.63, 3.8) is 0 Å². The van der Waals surface area contributed by atoms with Crippen molar-refractivity contribution < 1.29 is 4.74 Å². The highest BCUT2D eigenvalue weighted by molar-refractivity contribution is 5.37. The van der Waals surface area contributed by atoms with Crippen molar-refractivity contribution >= 4 is 11.9 Å². The van der Waals surface area contributed by atoms with E-state index in [2.05, 4.69) is 37.4 Å². The number of fused-ring (bicyclic) bond motifs is 3. The number of nitrogens with zero attached hydrogens (tertiary/aromatic N) is 4. The molecule has 3 aliphatic rings. The van der Waals surface area contributed by atoms with E-state index in [4.69, 9.17) is 4.74 Å². The largest absolute Gasteiger partial charge is 0.467 e.